The molecular weight excluding hydrogens is 316 g/mol. The molecule has 0 bridgehead atoms. The summed E-state index contributed by atoms with van der Waals surface area (Å²) in [5.41, 5.74) is 1.78. The summed E-state index contributed by atoms with van der Waals surface area (Å²) < 4.78 is 1.60. The van der Waals surface area contributed by atoms with E-state index in [1.807, 2.05) is 31.2 Å². The fraction of sp³-hybridized carbons (Fsp3) is 0.474. The van der Waals surface area contributed by atoms with Gasteiger partial charge in [0.2, 0.25) is 0 Å². The fourth-order valence-corrected chi connectivity index (χ4v) is 4.09. The Morgan fingerprint density at radius 1 is 1.08 bits per heavy atom. The first-order chi connectivity index (χ1) is 12.1. The van der Waals surface area contributed by atoms with E-state index in [9.17, 15) is 9.59 Å². The number of aromatic nitrogens is 2. The van der Waals surface area contributed by atoms with Crippen LogP contribution in [0.15, 0.2) is 33.9 Å². The highest BCUT2D eigenvalue weighted by Gasteiger charge is 2.28. The number of nitrogens with zero attached hydrogens (tertiary/aromatic N) is 2. The molecule has 1 aliphatic carbocycles. The molecule has 0 saturated heterocycles. The van der Waals surface area contributed by atoms with Gasteiger partial charge in [0.05, 0.1) is 17.9 Å². The van der Waals surface area contributed by atoms with Crippen molar-refractivity contribution in [2.45, 2.75) is 51.6 Å². The van der Waals surface area contributed by atoms with Gasteiger partial charge in [0.15, 0.2) is 0 Å². The van der Waals surface area contributed by atoms with Crippen molar-refractivity contribution in [3.63, 3.8) is 0 Å². The average molecular weight is 340 g/mol. The molecule has 0 amide bonds. The van der Waals surface area contributed by atoms with Gasteiger partial charge in [-0.1, -0.05) is 37.5 Å². The third-order valence-corrected chi connectivity index (χ3v) is 5.47. The van der Waals surface area contributed by atoms with Crippen molar-refractivity contribution in [2.24, 2.45) is 0 Å². The Labute approximate surface area is 146 Å². The van der Waals surface area contributed by atoms with Crippen molar-refractivity contribution in [1.82, 2.24) is 14.5 Å². The van der Waals surface area contributed by atoms with E-state index in [1.54, 1.807) is 4.57 Å². The lowest BCUT2D eigenvalue weighted by molar-refractivity contribution is 0.152. The van der Waals surface area contributed by atoms with E-state index in [4.69, 9.17) is 0 Å². The first-order valence-electron chi connectivity index (χ1n) is 9.07. The van der Waals surface area contributed by atoms with Gasteiger partial charge in [-0.2, -0.15) is 0 Å². The molecule has 0 spiro atoms. The van der Waals surface area contributed by atoms with Crippen LogP contribution in [0.5, 0.6) is 0 Å². The molecule has 2 aliphatic rings. The van der Waals surface area contributed by atoms with Crippen molar-refractivity contribution in [3.8, 4) is 5.69 Å². The van der Waals surface area contributed by atoms with Crippen molar-refractivity contribution in [3.05, 3.63) is 56.2 Å². The number of para-hydroxylation sites is 1. The number of H-pyrrole nitrogens is 1. The molecule has 2 aromatic rings. The molecule has 132 valence electrons. The zero-order chi connectivity index (χ0) is 17.4. The average Bonchev–Trinajstić information content (AvgIpc) is 2.64. The van der Waals surface area contributed by atoms with Crippen LogP contribution in [0.25, 0.3) is 5.69 Å². The number of fused-ring (bicyclic) bond motifs is 1. The third-order valence-electron chi connectivity index (χ3n) is 5.47. The van der Waals surface area contributed by atoms with E-state index < -0.39 is 5.69 Å². The predicted octanol–water partition coefficient (Wildman–Crippen LogP) is 2.35. The molecule has 1 aliphatic heterocycles. The largest absolute Gasteiger partial charge is 0.358 e. The molecule has 4 rings (SSSR count). The Balaban J connectivity index is 1.77. The SMILES string of the molecule is Cc1ccccc1-n1c2c(c(=O)[nH]c1=O)CN(C1CCCCC1)CN2. The summed E-state index contributed by atoms with van der Waals surface area (Å²) in [6, 6.07) is 8.25. The topological polar surface area (TPSA) is 70.1 Å². The maximum atomic E-state index is 12.5. The van der Waals surface area contributed by atoms with Gasteiger partial charge in [0.25, 0.3) is 5.56 Å². The van der Waals surface area contributed by atoms with Gasteiger partial charge in [0, 0.05) is 12.6 Å². The summed E-state index contributed by atoms with van der Waals surface area (Å²) in [5, 5.41) is 3.35. The minimum Gasteiger partial charge on any atom is -0.358 e. The lowest BCUT2D eigenvalue weighted by Crippen LogP contribution is -2.47. The highest BCUT2D eigenvalue weighted by atomic mass is 16.2. The standard InChI is InChI=1S/C19H24N4O2/c1-13-7-5-6-10-16(13)23-17-15(18(24)21-19(23)25)11-22(12-20-17)14-8-3-2-4-9-14/h5-7,10,14,20H,2-4,8-9,11-12H2,1H3,(H,21,24,25). The van der Waals surface area contributed by atoms with Crippen LogP contribution in [0.1, 0.15) is 43.2 Å². The van der Waals surface area contributed by atoms with Gasteiger partial charge in [0.1, 0.15) is 5.82 Å². The smallest absolute Gasteiger partial charge is 0.334 e. The molecule has 0 unspecified atom stereocenters. The van der Waals surface area contributed by atoms with Gasteiger partial charge in [-0.05, 0) is 31.4 Å². The molecule has 6 heteroatoms. The molecule has 0 atom stereocenters. The third kappa shape index (κ3) is 2.91. The first kappa shape index (κ1) is 16.1. The van der Waals surface area contributed by atoms with E-state index in [2.05, 4.69) is 15.2 Å². The number of anilines is 1. The van der Waals surface area contributed by atoms with Crippen LogP contribution >= 0.6 is 0 Å². The second-order valence-electron chi connectivity index (χ2n) is 7.08. The second kappa shape index (κ2) is 6.52. The van der Waals surface area contributed by atoms with Gasteiger partial charge in [-0.3, -0.25) is 14.7 Å². The number of aryl methyl sites for hydroxylation is 1. The number of nitrogens with one attached hydrogen (secondary N) is 2. The van der Waals surface area contributed by atoms with E-state index in [0.717, 1.165) is 11.3 Å². The lowest BCUT2D eigenvalue weighted by Gasteiger charge is -2.38. The summed E-state index contributed by atoms with van der Waals surface area (Å²) in [6.45, 7) is 3.23. The number of rotatable bonds is 2. The van der Waals surface area contributed by atoms with Crippen LogP contribution in [-0.2, 0) is 6.54 Å². The Kier molecular flexibility index (Phi) is 4.21. The van der Waals surface area contributed by atoms with Crippen molar-refractivity contribution < 1.29 is 0 Å². The maximum absolute atomic E-state index is 12.5. The summed E-state index contributed by atoms with van der Waals surface area (Å²) in [5.74, 6) is 0.634. The zero-order valence-electron chi connectivity index (χ0n) is 14.5. The molecule has 2 N–H and O–H groups in total. The second-order valence-corrected chi connectivity index (χ2v) is 7.08. The van der Waals surface area contributed by atoms with Gasteiger partial charge < -0.3 is 5.32 Å². The zero-order valence-corrected chi connectivity index (χ0v) is 14.5. The molecule has 1 aromatic carbocycles. The monoisotopic (exact) mass is 340 g/mol. The molecule has 0 radical (unpaired) electrons. The van der Waals surface area contributed by atoms with Crippen molar-refractivity contribution in [2.75, 3.05) is 12.0 Å². The number of aromatic amines is 1. The van der Waals surface area contributed by atoms with Crippen LogP contribution in [0, 0.1) is 6.92 Å². The van der Waals surface area contributed by atoms with Crippen LogP contribution in [0.4, 0.5) is 5.82 Å². The minimum atomic E-state index is -0.392. The molecule has 1 aromatic heterocycles. The van der Waals surface area contributed by atoms with Gasteiger partial charge >= 0.3 is 5.69 Å². The van der Waals surface area contributed by atoms with Crippen LogP contribution in [0.2, 0.25) is 0 Å². The van der Waals surface area contributed by atoms with E-state index in [0.29, 0.717) is 30.6 Å². The summed E-state index contributed by atoms with van der Waals surface area (Å²) in [7, 11) is 0. The number of hydrogen-bond donors (Lipinski definition) is 2. The normalized spacial score (nSPS) is 18.6. The molecule has 25 heavy (non-hydrogen) atoms. The molecule has 1 saturated carbocycles. The van der Waals surface area contributed by atoms with E-state index >= 15 is 0 Å². The Morgan fingerprint density at radius 3 is 2.60 bits per heavy atom. The van der Waals surface area contributed by atoms with E-state index in [1.165, 1.54) is 32.1 Å². The Bertz CT molecular complexity index is 893. The molecule has 6 nitrogen and oxygen atoms in total. The number of hydrogen-bond acceptors (Lipinski definition) is 4. The van der Waals surface area contributed by atoms with Crippen LogP contribution in [-0.4, -0.2) is 27.2 Å². The summed E-state index contributed by atoms with van der Waals surface area (Å²) in [4.78, 5) is 29.8. The maximum Gasteiger partial charge on any atom is 0.334 e. The van der Waals surface area contributed by atoms with Crippen LogP contribution < -0.4 is 16.6 Å². The Morgan fingerprint density at radius 2 is 1.84 bits per heavy atom. The molecule has 2 heterocycles. The minimum absolute atomic E-state index is 0.280. The van der Waals surface area contributed by atoms with Crippen molar-refractivity contribution in [1.29, 1.82) is 0 Å². The van der Waals surface area contributed by atoms with Gasteiger partial charge in [-0.15, -0.1) is 0 Å². The number of benzene rings is 1. The quantitative estimate of drug-likeness (QED) is 0.880. The fourth-order valence-electron chi connectivity index (χ4n) is 4.09. The highest BCUT2D eigenvalue weighted by Crippen LogP contribution is 2.28. The van der Waals surface area contributed by atoms with Crippen molar-refractivity contribution >= 4 is 5.82 Å². The summed E-state index contributed by atoms with van der Waals surface area (Å²) in [6.07, 6.45) is 6.20. The van der Waals surface area contributed by atoms with E-state index in [-0.39, 0.29) is 5.56 Å². The molecule has 1 fully saturated rings. The Hall–Kier alpha value is -2.34. The van der Waals surface area contributed by atoms with Crippen LogP contribution in [0.3, 0.4) is 0 Å². The molecular formula is C19H24N4O2. The first-order valence-corrected chi connectivity index (χ1v) is 9.07. The lowest BCUT2D eigenvalue weighted by atomic mass is 9.94. The summed E-state index contributed by atoms with van der Waals surface area (Å²) >= 11 is 0. The predicted molar refractivity (Wildman–Crippen MR) is 98.3 cm³/mol. The highest BCUT2D eigenvalue weighted by molar-refractivity contribution is 5.54. The van der Waals surface area contributed by atoms with Gasteiger partial charge in [-0.25, -0.2) is 9.36 Å².